The molecule has 92 valence electrons. The Labute approximate surface area is 102 Å². The Kier molecular flexibility index (Phi) is 2.85. The van der Waals surface area contributed by atoms with Crippen LogP contribution in [0.25, 0.3) is 11.1 Å². The third kappa shape index (κ3) is 1.95. The fraction of sp³-hybridized carbons (Fsp3) is 0. The van der Waals surface area contributed by atoms with Crippen molar-refractivity contribution in [2.45, 2.75) is 0 Å². The number of aromatic nitrogens is 1. The highest BCUT2D eigenvalue weighted by molar-refractivity contribution is 5.94. The Balaban J connectivity index is 2.56. The third-order valence-electron chi connectivity index (χ3n) is 2.57. The number of nitrogens with zero attached hydrogens (tertiary/aromatic N) is 1. The van der Waals surface area contributed by atoms with E-state index in [2.05, 4.69) is 4.98 Å². The van der Waals surface area contributed by atoms with Gasteiger partial charge < -0.3 is 17.2 Å². The lowest BCUT2D eigenvalue weighted by Gasteiger charge is -2.08. The molecule has 1 heterocycles. The maximum atomic E-state index is 13.6. The first-order chi connectivity index (χ1) is 8.50. The van der Waals surface area contributed by atoms with E-state index in [1.54, 1.807) is 12.1 Å². The number of primary amides is 1. The predicted octanol–water partition coefficient (Wildman–Crippen LogP) is 1.15. The van der Waals surface area contributed by atoms with Gasteiger partial charge in [-0.15, -0.1) is 0 Å². The van der Waals surface area contributed by atoms with Crippen LogP contribution in [0.3, 0.4) is 0 Å². The van der Waals surface area contributed by atoms with Gasteiger partial charge in [0.1, 0.15) is 11.6 Å². The first-order valence-electron chi connectivity index (χ1n) is 5.10. The molecular formula is C12H11FN4O. The summed E-state index contributed by atoms with van der Waals surface area (Å²) in [7, 11) is 0. The number of anilines is 2. The minimum absolute atomic E-state index is 0.167. The highest BCUT2D eigenvalue weighted by atomic mass is 19.1. The summed E-state index contributed by atoms with van der Waals surface area (Å²) in [5.74, 6) is -1.34. The Morgan fingerprint density at radius 2 is 1.94 bits per heavy atom. The van der Waals surface area contributed by atoms with Crippen LogP contribution in [0.5, 0.6) is 0 Å². The second kappa shape index (κ2) is 4.33. The summed E-state index contributed by atoms with van der Waals surface area (Å²) in [6.45, 7) is 0. The van der Waals surface area contributed by atoms with Crippen LogP contribution in [0.4, 0.5) is 15.9 Å². The average Bonchev–Trinajstić information content (AvgIpc) is 2.32. The maximum Gasteiger partial charge on any atom is 0.251 e. The number of hydrogen-bond donors (Lipinski definition) is 3. The standard InChI is InChI=1S/C12H11FN4O/c13-9-5-6(1-2-8(9)12(16)18)7-3-4-17-11(15)10(7)14/h1-5H,14H2,(H2,15,17)(H2,16,18). The molecule has 0 atom stereocenters. The van der Waals surface area contributed by atoms with Crippen LogP contribution in [-0.4, -0.2) is 10.9 Å². The molecule has 0 bridgehead atoms. The lowest BCUT2D eigenvalue weighted by atomic mass is 10.0. The normalized spacial score (nSPS) is 10.3. The Morgan fingerprint density at radius 1 is 1.22 bits per heavy atom. The van der Waals surface area contributed by atoms with Crippen molar-refractivity contribution in [2.24, 2.45) is 5.73 Å². The van der Waals surface area contributed by atoms with Crippen molar-refractivity contribution in [2.75, 3.05) is 11.5 Å². The molecule has 2 aromatic rings. The Bertz CT molecular complexity index is 627. The summed E-state index contributed by atoms with van der Waals surface area (Å²) >= 11 is 0. The van der Waals surface area contributed by atoms with Crippen molar-refractivity contribution >= 4 is 17.4 Å². The van der Waals surface area contributed by atoms with Gasteiger partial charge in [0.2, 0.25) is 0 Å². The molecule has 2 rings (SSSR count). The van der Waals surface area contributed by atoms with Gasteiger partial charge in [-0.25, -0.2) is 9.37 Å². The molecule has 0 saturated heterocycles. The quantitative estimate of drug-likeness (QED) is 0.738. The lowest BCUT2D eigenvalue weighted by Crippen LogP contribution is -2.13. The van der Waals surface area contributed by atoms with E-state index < -0.39 is 11.7 Å². The fourth-order valence-corrected chi connectivity index (χ4v) is 1.62. The molecule has 1 amide bonds. The summed E-state index contributed by atoms with van der Waals surface area (Å²) in [6, 6.07) is 5.66. The van der Waals surface area contributed by atoms with Gasteiger partial charge in [-0.1, -0.05) is 6.07 Å². The molecule has 0 aliphatic heterocycles. The van der Waals surface area contributed by atoms with Crippen LogP contribution in [0.1, 0.15) is 10.4 Å². The van der Waals surface area contributed by atoms with Gasteiger partial charge in [-0.2, -0.15) is 0 Å². The molecule has 0 aliphatic carbocycles. The van der Waals surface area contributed by atoms with Gasteiger partial charge in [0.05, 0.1) is 11.3 Å². The number of nitrogens with two attached hydrogens (primary N) is 3. The molecular weight excluding hydrogens is 235 g/mol. The van der Waals surface area contributed by atoms with Crippen LogP contribution >= 0.6 is 0 Å². The number of amides is 1. The number of pyridine rings is 1. The van der Waals surface area contributed by atoms with Gasteiger partial charge in [0, 0.05) is 11.8 Å². The topological polar surface area (TPSA) is 108 Å². The van der Waals surface area contributed by atoms with Crippen LogP contribution < -0.4 is 17.2 Å². The van der Waals surface area contributed by atoms with Crippen molar-refractivity contribution in [3.63, 3.8) is 0 Å². The third-order valence-corrected chi connectivity index (χ3v) is 2.57. The number of hydrogen-bond acceptors (Lipinski definition) is 4. The van der Waals surface area contributed by atoms with Crippen LogP contribution in [0.15, 0.2) is 30.5 Å². The van der Waals surface area contributed by atoms with Crippen LogP contribution in [0, 0.1) is 5.82 Å². The zero-order chi connectivity index (χ0) is 13.3. The lowest BCUT2D eigenvalue weighted by molar-refractivity contribution is 0.0996. The van der Waals surface area contributed by atoms with E-state index in [1.165, 1.54) is 18.3 Å². The molecule has 0 radical (unpaired) electrons. The molecule has 0 saturated carbocycles. The predicted molar refractivity (Wildman–Crippen MR) is 67.0 cm³/mol. The molecule has 1 aromatic carbocycles. The largest absolute Gasteiger partial charge is 0.395 e. The van der Waals surface area contributed by atoms with Gasteiger partial charge in [-0.05, 0) is 23.8 Å². The van der Waals surface area contributed by atoms with E-state index in [4.69, 9.17) is 17.2 Å². The zero-order valence-electron chi connectivity index (χ0n) is 9.35. The van der Waals surface area contributed by atoms with E-state index in [0.717, 1.165) is 0 Å². The SMILES string of the molecule is NC(=O)c1ccc(-c2ccnc(N)c2N)cc1F. The second-order valence-corrected chi connectivity index (χ2v) is 3.72. The Morgan fingerprint density at radius 3 is 2.56 bits per heavy atom. The molecule has 6 N–H and O–H groups in total. The minimum atomic E-state index is -0.818. The number of carbonyl (C=O) groups excluding carboxylic acids is 1. The molecule has 0 fully saturated rings. The zero-order valence-corrected chi connectivity index (χ0v) is 9.35. The minimum Gasteiger partial charge on any atom is -0.395 e. The molecule has 0 spiro atoms. The summed E-state index contributed by atoms with van der Waals surface area (Å²) in [4.78, 5) is 14.7. The highest BCUT2D eigenvalue weighted by Gasteiger charge is 2.12. The average molecular weight is 246 g/mol. The van der Waals surface area contributed by atoms with E-state index in [9.17, 15) is 9.18 Å². The van der Waals surface area contributed by atoms with Crippen molar-refractivity contribution < 1.29 is 9.18 Å². The van der Waals surface area contributed by atoms with E-state index in [1.807, 2.05) is 0 Å². The molecule has 0 unspecified atom stereocenters. The maximum absolute atomic E-state index is 13.6. The number of nitrogen functional groups attached to an aromatic ring is 2. The van der Waals surface area contributed by atoms with Crippen molar-refractivity contribution in [3.05, 3.63) is 41.8 Å². The second-order valence-electron chi connectivity index (χ2n) is 3.72. The first kappa shape index (κ1) is 11.8. The molecule has 5 nitrogen and oxygen atoms in total. The van der Waals surface area contributed by atoms with Crippen LogP contribution in [0.2, 0.25) is 0 Å². The van der Waals surface area contributed by atoms with Crippen molar-refractivity contribution in [3.8, 4) is 11.1 Å². The van der Waals surface area contributed by atoms with Gasteiger partial charge in [0.15, 0.2) is 0 Å². The van der Waals surface area contributed by atoms with Gasteiger partial charge >= 0.3 is 0 Å². The van der Waals surface area contributed by atoms with Crippen molar-refractivity contribution in [1.29, 1.82) is 0 Å². The smallest absolute Gasteiger partial charge is 0.251 e. The molecule has 0 aliphatic rings. The summed E-state index contributed by atoms with van der Waals surface area (Å²) in [5, 5.41) is 0. The number of carbonyl (C=O) groups is 1. The number of halogens is 1. The summed E-state index contributed by atoms with van der Waals surface area (Å²) in [6.07, 6.45) is 1.47. The van der Waals surface area contributed by atoms with Crippen molar-refractivity contribution in [1.82, 2.24) is 4.98 Å². The van der Waals surface area contributed by atoms with Gasteiger partial charge in [-0.3, -0.25) is 4.79 Å². The fourth-order valence-electron chi connectivity index (χ4n) is 1.62. The number of benzene rings is 1. The van der Waals surface area contributed by atoms with E-state index >= 15 is 0 Å². The summed E-state index contributed by atoms with van der Waals surface area (Å²) < 4.78 is 13.6. The number of rotatable bonds is 2. The monoisotopic (exact) mass is 246 g/mol. The molecule has 6 heteroatoms. The van der Waals surface area contributed by atoms with E-state index in [0.29, 0.717) is 11.1 Å². The van der Waals surface area contributed by atoms with Crippen LogP contribution in [-0.2, 0) is 0 Å². The Hall–Kier alpha value is -2.63. The summed E-state index contributed by atoms with van der Waals surface area (Å²) in [5.41, 5.74) is 17.5. The highest BCUT2D eigenvalue weighted by Crippen LogP contribution is 2.29. The molecule has 18 heavy (non-hydrogen) atoms. The first-order valence-corrected chi connectivity index (χ1v) is 5.10. The van der Waals surface area contributed by atoms with E-state index in [-0.39, 0.29) is 17.1 Å². The molecule has 1 aromatic heterocycles. The van der Waals surface area contributed by atoms with Gasteiger partial charge in [0.25, 0.3) is 5.91 Å².